The van der Waals surface area contributed by atoms with Gasteiger partial charge in [-0.1, -0.05) is 6.82 Å². The molecule has 16 heavy (non-hydrogen) atoms. The van der Waals surface area contributed by atoms with Gasteiger partial charge in [-0.15, -0.1) is 0 Å². The molecule has 0 spiro atoms. The minimum Gasteiger partial charge on any atom is -0.358 e. The summed E-state index contributed by atoms with van der Waals surface area (Å²) in [5.74, 6) is 0. The largest absolute Gasteiger partial charge is 0.358 e. The van der Waals surface area contributed by atoms with E-state index in [1.54, 1.807) is 12.1 Å². The van der Waals surface area contributed by atoms with Crippen LogP contribution in [0.15, 0.2) is 24.3 Å². The second kappa shape index (κ2) is 4.00. The average molecular weight is 208 g/mol. The summed E-state index contributed by atoms with van der Waals surface area (Å²) in [6.45, 7) is 2.13. The van der Waals surface area contributed by atoms with E-state index in [9.17, 15) is 0 Å². The van der Waals surface area contributed by atoms with Crippen LogP contribution in [0, 0.1) is 22.7 Å². The van der Waals surface area contributed by atoms with Gasteiger partial charge in [-0.05, 0) is 35.5 Å². The second-order valence-electron chi connectivity index (χ2n) is 3.60. The molecule has 2 rings (SSSR count). The Morgan fingerprint density at radius 3 is 1.69 bits per heavy atom. The van der Waals surface area contributed by atoms with Gasteiger partial charge in [0.05, 0.1) is 0 Å². The first-order chi connectivity index (χ1) is 7.74. The van der Waals surface area contributed by atoms with Crippen LogP contribution in [0.3, 0.4) is 0 Å². The van der Waals surface area contributed by atoms with Gasteiger partial charge in [0.25, 0.3) is 0 Å². The summed E-state index contributed by atoms with van der Waals surface area (Å²) in [6, 6.07) is 11.4. The zero-order valence-corrected chi connectivity index (χ0v) is 8.78. The number of aromatic nitrogens is 2. The molecule has 0 atom stereocenters. The number of rotatable bonds is 2. The molecule has 0 saturated carbocycles. The fourth-order valence-corrected chi connectivity index (χ4v) is 1.63. The third-order valence-electron chi connectivity index (χ3n) is 2.59. The Morgan fingerprint density at radius 2 is 1.38 bits per heavy atom. The predicted octanol–water partition coefficient (Wildman–Crippen LogP) is 0.325. The first-order valence-electron chi connectivity index (χ1n) is 4.92. The predicted molar refractivity (Wildman–Crippen MR) is 61.9 cm³/mol. The van der Waals surface area contributed by atoms with Gasteiger partial charge in [0.2, 0.25) is 6.71 Å². The van der Waals surface area contributed by atoms with Crippen molar-refractivity contribution in [2.24, 2.45) is 0 Å². The van der Waals surface area contributed by atoms with Crippen molar-refractivity contribution in [3.63, 3.8) is 0 Å². The zero-order chi connectivity index (χ0) is 11.5. The highest BCUT2D eigenvalue weighted by Gasteiger charge is 2.16. The third kappa shape index (κ3) is 1.71. The van der Waals surface area contributed by atoms with Crippen molar-refractivity contribution in [3.8, 4) is 12.1 Å². The van der Waals surface area contributed by atoms with Crippen LogP contribution in [0.1, 0.15) is 11.4 Å². The van der Waals surface area contributed by atoms with Crippen LogP contribution in [0.25, 0.3) is 0 Å². The molecule has 2 aromatic heterocycles. The SMILES string of the molecule is CB(c1ccc(C#N)[nH]1)c1ccc(C#N)[nH]1. The molecular formula is C11H9BN4. The quantitative estimate of drug-likeness (QED) is 0.697. The van der Waals surface area contributed by atoms with E-state index in [1.807, 2.05) is 19.0 Å². The van der Waals surface area contributed by atoms with Crippen molar-refractivity contribution >= 4 is 17.9 Å². The van der Waals surface area contributed by atoms with E-state index in [4.69, 9.17) is 10.5 Å². The van der Waals surface area contributed by atoms with E-state index in [-0.39, 0.29) is 6.71 Å². The minimum atomic E-state index is 0.115. The molecule has 5 heteroatoms. The third-order valence-corrected chi connectivity index (χ3v) is 2.59. The van der Waals surface area contributed by atoms with E-state index in [2.05, 4.69) is 22.1 Å². The molecule has 2 aromatic rings. The maximum Gasteiger partial charge on any atom is 0.247 e. The highest BCUT2D eigenvalue weighted by molar-refractivity contribution is 6.82. The molecule has 2 heterocycles. The molecule has 0 amide bonds. The highest BCUT2D eigenvalue weighted by Crippen LogP contribution is 1.95. The van der Waals surface area contributed by atoms with Crippen LogP contribution < -0.4 is 11.2 Å². The normalized spacial score (nSPS) is 9.44. The summed E-state index contributed by atoms with van der Waals surface area (Å²) in [4.78, 5) is 6.05. The van der Waals surface area contributed by atoms with Gasteiger partial charge in [0.15, 0.2) is 0 Å². The van der Waals surface area contributed by atoms with Crippen molar-refractivity contribution in [2.75, 3.05) is 0 Å². The number of nitriles is 2. The molecule has 2 N–H and O–H groups in total. The van der Waals surface area contributed by atoms with E-state index in [1.165, 1.54) is 0 Å². The summed E-state index contributed by atoms with van der Waals surface area (Å²) in [6.07, 6.45) is 0. The van der Waals surface area contributed by atoms with Gasteiger partial charge >= 0.3 is 0 Å². The Bertz CT molecular complexity index is 529. The van der Waals surface area contributed by atoms with Crippen LogP contribution in [0.5, 0.6) is 0 Å². The van der Waals surface area contributed by atoms with Crippen molar-refractivity contribution in [2.45, 2.75) is 6.82 Å². The number of H-pyrrole nitrogens is 2. The summed E-state index contributed by atoms with van der Waals surface area (Å²) in [5.41, 5.74) is 3.02. The summed E-state index contributed by atoms with van der Waals surface area (Å²) >= 11 is 0. The molecule has 0 aliphatic carbocycles. The first kappa shape index (κ1) is 10.1. The molecule has 0 saturated heterocycles. The number of hydrogen-bond donors (Lipinski definition) is 2. The molecule has 0 unspecified atom stereocenters. The van der Waals surface area contributed by atoms with E-state index in [0.717, 1.165) is 11.2 Å². The van der Waals surface area contributed by atoms with Crippen molar-refractivity contribution in [3.05, 3.63) is 35.7 Å². The van der Waals surface area contributed by atoms with Crippen LogP contribution in [0.4, 0.5) is 0 Å². The highest BCUT2D eigenvalue weighted by atomic mass is 14.7. The molecule has 0 aromatic carbocycles. The Morgan fingerprint density at radius 1 is 0.938 bits per heavy atom. The lowest BCUT2D eigenvalue weighted by Crippen LogP contribution is -2.40. The molecule has 0 aliphatic heterocycles. The fraction of sp³-hybridized carbons (Fsp3) is 0.0909. The second-order valence-corrected chi connectivity index (χ2v) is 3.60. The number of nitrogens with one attached hydrogen (secondary N) is 2. The van der Waals surface area contributed by atoms with Crippen molar-refractivity contribution < 1.29 is 0 Å². The van der Waals surface area contributed by atoms with Gasteiger partial charge < -0.3 is 9.97 Å². The lowest BCUT2D eigenvalue weighted by Gasteiger charge is -2.02. The van der Waals surface area contributed by atoms with Gasteiger partial charge in [-0.2, -0.15) is 10.5 Å². The average Bonchev–Trinajstić information content (AvgIpc) is 2.97. The van der Waals surface area contributed by atoms with Crippen LogP contribution in [0.2, 0.25) is 6.82 Å². The Kier molecular flexibility index (Phi) is 2.53. The molecule has 4 nitrogen and oxygen atoms in total. The molecule has 0 aliphatic rings. The molecule has 0 bridgehead atoms. The molecular weight excluding hydrogens is 199 g/mol. The Balaban J connectivity index is 2.28. The zero-order valence-electron chi connectivity index (χ0n) is 8.78. The van der Waals surface area contributed by atoms with Crippen LogP contribution in [-0.2, 0) is 0 Å². The summed E-state index contributed by atoms with van der Waals surface area (Å²) in [7, 11) is 0. The minimum absolute atomic E-state index is 0.115. The molecule has 76 valence electrons. The Hall–Kier alpha value is -2.40. The first-order valence-corrected chi connectivity index (χ1v) is 4.92. The molecule has 0 fully saturated rings. The topological polar surface area (TPSA) is 79.2 Å². The van der Waals surface area contributed by atoms with Gasteiger partial charge in [-0.3, -0.25) is 0 Å². The lowest BCUT2D eigenvalue weighted by atomic mass is 9.47. The van der Waals surface area contributed by atoms with Gasteiger partial charge in [-0.25, -0.2) is 0 Å². The number of nitrogens with zero attached hydrogens (tertiary/aromatic N) is 2. The van der Waals surface area contributed by atoms with Crippen molar-refractivity contribution in [1.82, 2.24) is 9.97 Å². The van der Waals surface area contributed by atoms with Crippen molar-refractivity contribution in [1.29, 1.82) is 10.5 Å². The Labute approximate surface area is 93.6 Å². The van der Waals surface area contributed by atoms with Gasteiger partial charge in [0, 0.05) is 0 Å². The van der Waals surface area contributed by atoms with E-state index in [0.29, 0.717) is 11.4 Å². The fourth-order valence-electron chi connectivity index (χ4n) is 1.63. The van der Waals surface area contributed by atoms with Crippen LogP contribution >= 0.6 is 0 Å². The molecule has 0 radical (unpaired) electrons. The summed E-state index contributed by atoms with van der Waals surface area (Å²) in [5, 5.41) is 17.4. The van der Waals surface area contributed by atoms with Crippen LogP contribution in [-0.4, -0.2) is 16.7 Å². The smallest absolute Gasteiger partial charge is 0.247 e. The monoisotopic (exact) mass is 208 g/mol. The maximum atomic E-state index is 8.71. The number of aromatic amines is 2. The van der Waals surface area contributed by atoms with E-state index < -0.39 is 0 Å². The maximum absolute atomic E-state index is 8.71. The standard InChI is InChI=1S/C11H9BN4/c1-12(10-4-2-8(6-13)15-10)11-5-3-9(7-14)16-11/h2-5,15-16H,1H3. The summed E-state index contributed by atoms with van der Waals surface area (Å²) < 4.78 is 0. The lowest BCUT2D eigenvalue weighted by molar-refractivity contribution is 1.35. The van der Waals surface area contributed by atoms with Gasteiger partial charge in [0.1, 0.15) is 23.5 Å². The van der Waals surface area contributed by atoms with E-state index >= 15 is 0 Å². The number of hydrogen-bond acceptors (Lipinski definition) is 2.